The van der Waals surface area contributed by atoms with E-state index in [1.54, 1.807) is 0 Å². The van der Waals surface area contributed by atoms with Gasteiger partial charge in [-0.2, -0.15) is 4.31 Å². The van der Waals surface area contributed by atoms with E-state index in [0.29, 0.717) is 39.0 Å². The molecule has 0 aromatic heterocycles. The second-order valence-corrected chi connectivity index (χ2v) is 7.30. The minimum Gasteiger partial charge on any atom is -0.469 e. The third-order valence-corrected chi connectivity index (χ3v) is 6.44. The maximum atomic E-state index is 12.7. The highest BCUT2D eigenvalue weighted by Gasteiger charge is 2.43. The lowest BCUT2D eigenvalue weighted by Gasteiger charge is -2.35. The molecule has 2 aliphatic rings. The molecule has 1 N–H and O–H groups in total. The number of nitrogens with zero attached hydrogens (tertiary/aromatic N) is 1. The van der Waals surface area contributed by atoms with Crippen LogP contribution < -0.4 is 5.32 Å². The maximum Gasteiger partial charge on any atom is 0.310 e. The van der Waals surface area contributed by atoms with Gasteiger partial charge in [0.1, 0.15) is 0 Å². The highest BCUT2D eigenvalue weighted by atomic mass is 35.5. The third kappa shape index (κ3) is 3.63. The second-order valence-electron chi connectivity index (χ2n) is 5.15. The zero-order chi connectivity index (χ0) is 13.9. The lowest BCUT2D eigenvalue weighted by atomic mass is 9.89. The predicted molar refractivity (Wildman–Crippen MR) is 78.4 cm³/mol. The number of hydrogen-bond donors (Lipinski definition) is 1. The maximum absolute atomic E-state index is 12.7. The first kappa shape index (κ1) is 17.7. The van der Waals surface area contributed by atoms with Gasteiger partial charge in [0.15, 0.2) is 0 Å². The Morgan fingerprint density at radius 3 is 2.40 bits per heavy atom. The van der Waals surface area contributed by atoms with Crippen LogP contribution in [0.15, 0.2) is 0 Å². The number of carbonyl (C=O) groups excluding carboxylic acids is 1. The molecule has 1 aliphatic heterocycles. The predicted octanol–water partition coefficient (Wildman–Crippen LogP) is 0.375. The van der Waals surface area contributed by atoms with E-state index >= 15 is 0 Å². The number of hydrogen-bond acceptors (Lipinski definition) is 5. The van der Waals surface area contributed by atoms with Crippen molar-refractivity contribution >= 4 is 28.4 Å². The molecule has 0 spiro atoms. The Bertz CT molecular complexity index is 423. The van der Waals surface area contributed by atoms with Gasteiger partial charge in [0.05, 0.1) is 18.3 Å². The number of esters is 1. The van der Waals surface area contributed by atoms with Crippen molar-refractivity contribution in [1.29, 1.82) is 0 Å². The zero-order valence-electron chi connectivity index (χ0n) is 11.7. The summed E-state index contributed by atoms with van der Waals surface area (Å²) in [6.07, 6.45) is 2.94. The molecule has 2 unspecified atom stereocenters. The van der Waals surface area contributed by atoms with Gasteiger partial charge in [0.2, 0.25) is 10.0 Å². The van der Waals surface area contributed by atoms with Crippen LogP contribution in [0.2, 0.25) is 0 Å². The molecule has 0 amide bonds. The van der Waals surface area contributed by atoms with Crippen LogP contribution in [0, 0.1) is 5.92 Å². The summed E-state index contributed by atoms with van der Waals surface area (Å²) in [6.45, 7) is 2.34. The molecule has 1 saturated heterocycles. The summed E-state index contributed by atoms with van der Waals surface area (Å²) < 4.78 is 31.6. The molecule has 2 atom stereocenters. The number of rotatable bonds is 3. The monoisotopic (exact) mass is 326 g/mol. The van der Waals surface area contributed by atoms with Crippen molar-refractivity contribution in [2.75, 3.05) is 33.3 Å². The van der Waals surface area contributed by atoms with Crippen LogP contribution in [0.5, 0.6) is 0 Å². The first-order chi connectivity index (χ1) is 9.07. The summed E-state index contributed by atoms with van der Waals surface area (Å²) in [6, 6.07) is 0. The van der Waals surface area contributed by atoms with Crippen LogP contribution in [0.4, 0.5) is 0 Å². The molecule has 8 heteroatoms. The Balaban J connectivity index is 0.00000200. The summed E-state index contributed by atoms with van der Waals surface area (Å²) >= 11 is 0. The van der Waals surface area contributed by atoms with Crippen LogP contribution in [0.3, 0.4) is 0 Å². The molecular weight excluding hydrogens is 304 g/mol. The van der Waals surface area contributed by atoms with Gasteiger partial charge in [-0.3, -0.25) is 4.79 Å². The lowest BCUT2D eigenvalue weighted by molar-refractivity contribution is -0.146. The van der Waals surface area contributed by atoms with Gasteiger partial charge in [0, 0.05) is 26.2 Å². The Kier molecular flexibility index (Phi) is 6.71. The number of sulfonamides is 1. The zero-order valence-corrected chi connectivity index (χ0v) is 13.3. The number of methoxy groups -OCH3 is 1. The highest BCUT2D eigenvalue weighted by Crippen LogP contribution is 2.32. The molecule has 0 aromatic carbocycles. The molecule has 1 saturated carbocycles. The smallest absolute Gasteiger partial charge is 0.310 e. The van der Waals surface area contributed by atoms with Gasteiger partial charge < -0.3 is 10.1 Å². The molecule has 0 bridgehead atoms. The molecule has 2 fully saturated rings. The Morgan fingerprint density at radius 2 is 1.80 bits per heavy atom. The van der Waals surface area contributed by atoms with E-state index in [-0.39, 0.29) is 18.4 Å². The lowest BCUT2D eigenvalue weighted by Crippen LogP contribution is -2.52. The summed E-state index contributed by atoms with van der Waals surface area (Å²) in [4.78, 5) is 11.8. The van der Waals surface area contributed by atoms with E-state index in [4.69, 9.17) is 4.74 Å². The van der Waals surface area contributed by atoms with Crippen LogP contribution >= 0.6 is 12.4 Å². The SMILES string of the molecule is COC(=O)C1CCCCC1S(=O)(=O)N1CCNCC1.Cl. The summed E-state index contributed by atoms with van der Waals surface area (Å²) in [5, 5.41) is 2.53. The number of halogens is 1. The summed E-state index contributed by atoms with van der Waals surface area (Å²) in [7, 11) is -2.07. The van der Waals surface area contributed by atoms with Gasteiger partial charge >= 0.3 is 5.97 Å². The average Bonchev–Trinajstić information content (AvgIpc) is 2.47. The van der Waals surface area contributed by atoms with E-state index < -0.39 is 21.2 Å². The van der Waals surface area contributed by atoms with Crippen molar-refractivity contribution in [3.63, 3.8) is 0 Å². The molecule has 2 rings (SSSR count). The first-order valence-corrected chi connectivity index (χ1v) is 8.35. The van der Waals surface area contributed by atoms with Crippen molar-refractivity contribution in [1.82, 2.24) is 9.62 Å². The minimum absolute atomic E-state index is 0. The van der Waals surface area contributed by atoms with Crippen LogP contribution in [0.1, 0.15) is 25.7 Å². The normalized spacial score (nSPS) is 28.4. The number of carbonyl (C=O) groups is 1. The van der Waals surface area contributed by atoms with Crippen LogP contribution in [-0.4, -0.2) is 57.2 Å². The third-order valence-electron chi connectivity index (χ3n) is 4.02. The van der Waals surface area contributed by atoms with E-state index in [2.05, 4.69) is 5.32 Å². The van der Waals surface area contributed by atoms with E-state index in [1.165, 1.54) is 11.4 Å². The van der Waals surface area contributed by atoms with Gasteiger partial charge in [-0.15, -0.1) is 12.4 Å². The fraction of sp³-hybridized carbons (Fsp3) is 0.917. The fourth-order valence-corrected chi connectivity index (χ4v) is 5.17. The van der Waals surface area contributed by atoms with E-state index in [1.807, 2.05) is 0 Å². The Morgan fingerprint density at radius 1 is 1.20 bits per heavy atom. The molecule has 0 radical (unpaired) electrons. The molecule has 1 aliphatic carbocycles. The van der Waals surface area contributed by atoms with Crippen molar-refractivity contribution in [3.05, 3.63) is 0 Å². The van der Waals surface area contributed by atoms with Crippen molar-refractivity contribution in [3.8, 4) is 0 Å². The Hall–Kier alpha value is -0.370. The minimum atomic E-state index is -3.40. The van der Waals surface area contributed by atoms with E-state index in [9.17, 15) is 13.2 Å². The largest absolute Gasteiger partial charge is 0.469 e. The summed E-state index contributed by atoms with van der Waals surface area (Å²) in [5.74, 6) is -0.887. The molecule has 1 heterocycles. The average molecular weight is 327 g/mol. The molecule has 20 heavy (non-hydrogen) atoms. The number of nitrogens with one attached hydrogen (secondary N) is 1. The molecular formula is C12H23ClN2O4S. The Labute approximate surface area is 126 Å². The quantitative estimate of drug-likeness (QED) is 0.759. The number of ether oxygens (including phenoxy) is 1. The topological polar surface area (TPSA) is 75.7 Å². The number of piperazine rings is 1. The highest BCUT2D eigenvalue weighted by molar-refractivity contribution is 7.89. The first-order valence-electron chi connectivity index (χ1n) is 6.85. The van der Waals surface area contributed by atoms with Crippen LogP contribution in [-0.2, 0) is 19.6 Å². The molecule has 6 nitrogen and oxygen atoms in total. The van der Waals surface area contributed by atoms with Gasteiger partial charge in [-0.25, -0.2) is 8.42 Å². The van der Waals surface area contributed by atoms with Gasteiger partial charge in [-0.05, 0) is 12.8 Å². The molecule has 0 aromatic rings. The van der Waals surface area contributed by atoms with Crippen molar-refractivity contribution < 1.29 is 17.9 Å². The van der Waals surface area contributed by atoms with Gasteiger partial charge in [0.25, 0.3) is 0 Å². The van der Waals surface area contributed by atoms with E-state index in [0.717, 1.165) is 12.8 Å². The van der Waals surface area contributed by atoms with Crippen molar-refractivity contribution in [2.45, 2.75) is 30.9 Å². The standard InChI is InChI=1S/C12H22N2O4S.ClH/c1-18-12(15)10-4-2-3-5-11(10)19(16,17)14-8-6-13-7-9-14;/h10-11,13H,2-9H2,1H3;1H. The van der Waals surface area contributed by atoms with Gasteiger partial charge in [-0.1, -0.05) is 12.8 Å². The summed E-state index contributed by atoms with van der Waals surface area (Å²) in [5.41, 5.74) is 0. The van der Waals surface area contributed by atoms with Crippen LogP contribution in [0.25, 0.3) is 0 Å². The van der Waals surface area contributed by atoms with Crippen molar-refractivity contribution in [2.24, 2.45) is 5.92 Å². The second kappa shape index (κ2) is 7.59. The fourth-order valence-electron chi connectivity index (χ4n) is 2.96. The molecule has 118 valence electrons.